The van der Waals surface area contributed by atoms with Crippen molar-refractivity contribution in [3.8, 4) is 0 Å². The maximum absolute atomic E-state index is 10.4. The number of anilines is 1. The molecule has 1 aromatic carbocycles. The monoisotopic (exact) mass is 313 g/mol. The van der Waals surface area contributed by atoms with E-state index < -0.39 is 11.3 Å². The largest absolute Gasteiger partial charge is 0.289 e. The van der Waals surface area contributed by atoms with Crippen LogP contribution in [0.4, 0.5) is 5.69 Å². The molecule has 0 fully saturated rings. The Kier molecular flexibility index (Phi) is 3.70. The van der Waals surface area contributed by atoms with E-state index in [0.29, 0.717) is 5.69 Å². The minimum atomic E-state index is -2.03. The van der Waals surface area contributed by atoms with Crippen molar-refractivity contribution in [2.75, 3.05) is 4.72 Å². The number of halogens is 2. The Bertz CT molecular complexity index is 318. The summed E-state index contributed by atoms with van der Waals surface area (Å²) >= 11 is 4.48. The molecule has 0 aliphatic carbocycles. The van der Waals surface area contributed by atoms with Gasteiger partial charge >= 0.3 is 0 Å². The van der Waals surface area contributed by atoms with Gasteiger partial charge in [-0.25, -0.2) is 4.21 Å². The minimum Gasteiger partial charge on any atom is -0.289 e. The number of hydrogen-bond donors (Lipinski definition) is 2. The van der Waals surface area contributed by atoms with Gasteiger partial charge in [0.2, 0.25) is 0 Å². The zero-order valence-corrected chi connectivity index (χ0v) is 9.74. The first kappa shape index (κ1) is 10.2. The van der Waals surface area contributed by atoms with E-state index in [2.05, 4.69) is 36.6 Å². The van der Waals surface area contributed by atoms with E-state index in [4.69, 9.17) is 4.55 Å². The molecule has 3 nitrogen and oxygen atoms in total. The van der Waals surface area contributed by atoms with Crippen molar-refractivity contribution in [3.63, 3.8) is 0 Å². The highest BCUT2D eigenvalue weighted by Crippen LogP contribution is 2.26. The van der Waals surface area contributed by atoms with Gasteiger partial charge in [-0.3, -0.25) is 9.27 Å². The fourth-order valence-corrected chi connectivity index (χ4v) is 2.31. The zero-order chi connectivity index (χ0) is 9.14. The third-order valence-electron chi connectivity index (χ3n) is 1.13. The fraction of sp³-hybridized carbons (Fsp3) is 0. The Morgan fingerprint density at radius 3 is 2.58 bits per heavy atom. The van der Waals surface area contributed by atoms with Crippen LogP contribution in [-0.4, -0.2) is 8.76 Å². The van der Waals surface area contributed by atoms with Gasteiger partial charge in [-0.15, -0.1) is 0 Å². The first-order valence-corrected chi connectivity index (χ1v) is 5.61. The second kappa shape index (κ2) is 4.36. The van der Waals surface area contributed by atoms with Crippen LogP contribution >= 0.6 is 31.9 Å². The molecule has 6 heteroatoms. The third-order valence-corrected chi connectivity index (χ3v) is 2.67. The van der Waals surface area contributed by atoms with Gasteiger partial charge in [-0.05, 0) is 34.1 Å². The highest BCUT2D eigenvalue weighted by Gasteiger charge is 2.01. The minimum absolute atomic E-state index is 0.582. The summed E-state index contributed by atoms with van der Waals surface area (Å²) in [5.74, 6) is 0. The lowest BCUT2D eigenvalue weighted by atomic mass is 10.3. The topological polar surface area (TPSA) is 49.3 Å². The van der Waals surface area contributed by atoms with Gasteiger partial charge in [0, 0.05) is 8.95 Å². The van der Waals surface area contributed by atoms with Crippen LogP contribution in [0.1, 0.15) is 0 Å². The predicted octanol–water partition coefficient (Wildman–Crippen LogP) is 2.76. The van der Waals surface area contributed by atoms with E-state index in [1.165, 1.54) is 0 Å². The standard InChI is InChI=1S/C6H5Br2NO2S/c7-4-1-2-6(5(8)3-4)9-12(10)11/h1-3,9H,(H,10,11). The maximum atomic E-state index is 10.4. The van der Waals surface area contributed by atoms with Crippen molar-refractivity contribution in [1.82, 2.24) is 0 Å². The summed E-state index contributed by atoms with van der Waals surface area (Å²) in [5.41, 5.74) is 0.582. The van der Waals surface area contributed by atoms with Gasteiger partial charge in [0.25, 0.3) is 11.3 Å². The first-order valence-electron chi connectivity index (χ1n) is 2.92. The van der Waals surface area contributed by atoms with Crippen LogP contribution in [-0.2, 0) is 11.3 Å². The lowest BCUT2D eigenvalue weighted by Crippen LogP contribution is -2.02. The molecule has 1 atom stereocenters. The molecule has 1 aromatic rings. The summed E-state index contributed by atoms with van der Waals surface area (Å²) in [5, 5.41) is 0. The normalized spacial score (nSPS) is 12.6. The van der Waals surface area contributed by atoms with E-state index in [0.717, 1.165) is 8.95 Å². The van der Waals surface area contributed by atoms with Crippen LogP contribution in [0, 0.1) is 0 Å². The second-order valence-electron chi connectivity index (χ2n) is 1.98. The van der Waals surface area contributed by atoms with Crippen LogP contribution < -0.4 is 4.72 Å². The summed E-state index contributed by atoms with van der Waals surface area (Å²) in [7, 11) is 0. The van der Waals surface area contributed by atoms with Crippen LogP contribution in [0.2, 0.25) is 0 Å². The molecule has 1 unspecified atom stereocenters. The molecular formula is C6H5Br2NO2S. The molecule has 0 aliphatic heterocycles. The quantitative estimate of drug-likeness (QED) is 0.825. The van der Waals surface area contributed by atoms with Crippen molar-refractivity contribution in [2.24, 2.45) is 0 Å². The molecule has 0 bridgehead atoms. The lowest BCUT2D eigenvalue weighted by molar-refractivity contribution is 0.570. The van der Waals surface area contributed by atoms with E-state index >= 15 is 0 Å². The number of hydrogen-bond acceptors (Lipinski definition) is 1. The Labute approximate surface area is 89.2 Å². The summed E-state index contributed by atoms with van der Waals surface area (Å²) in [6.45, 7) is 0. The van der Waals surface area contributed by atoms with Crippen LogP contribution in [0.5, 0.6) is 0 Å². The lowest BCUT2D eigenvalue weighted by Gasteiger charge is -2.03. The van der Waals surface area contributed by atoms with E-state index in [1.54, 1.807) is 18.2 Å². The highest BCUT2D eigenvalue weighted by atomic mass is 79.9. The maximum Gasteiger partial charge on any atom is 0.259 e. The van der Waals surface area contributed by atoms with E-state index in [1.807, 2.05) is 0 Å². The summed E-state index contributed by atoms with van der Waals surface area (Å²) in [6.07, 6.45) is 0. The van der Waals surface area contributed by atoms with Gasteiger partial charge in [0.1, 0.15) is 0 Å². The molecule has 66 valence electrons. The number of nitrogens with one attached hydrogen (secondary N) is 1. The van der Waals surface area contributed by atoms with Gasteiger partial charge in [-0.2, -0.15) is 0 Å². The Hall–Kier alpha value is 0.0900. The molecule has 0 aliphatic rings. The molecule has 12 heavy (non-hydrogen) atoms. The smallest absolute Gasteiger partial charge is 0.259 e. The molecule has 0 spiro atoms. The van der Waals surface area contributed by atoms with Crippen molar-refractivity contribution in [1.29, 1.82) is 0 Å². The Morgan fingerprint density at radius 2 is 2.08 bits per heavy atom. The van der Waals surface area contributed by atoms with Crippen molar-refractivity contribution < 1.29 is 8.76 Å². The number of rotatable bonds is 2. The van der Waals surface area contributed by atoms with Gasteiger partial charge in [0.05, 0.1) is 5.69 Å². The predicted molar refractivity (Wildman–Crippen MR) is 56.2 cm³/mol. The molecule has 0 heterocycles. The molecule has 0 saturated heterocycles. The number of benzene rings is 1. The van der Waals surface area contributed by atoms with Crippen molar-refractivity contribution >= 4 is 48.8 Å². The second-order valence-corrected chi connectivity index (χ2v) is 4.45. The Morgan fingerprint density at radius 1 is 1.42 bits per heavy atom. The van der Waals surface area contributed by atoms with Crippen molar-refractivity contribution in [3.05, 3.63) is 27.1 Å². The molecule has 0 amide bonds. The van der Waals surface area contributed by atoms with Crippen molar-refractivity contribution in [2.45, 2.75) is 0 Å². The molecular weight excluding hydrogens is 310 g/mol. The van der Waals surface area contributed by atoms with Gasteiger partial charge in [0.15, 0.2) is 0 Å². The van der Waals surface area contributed by atoms with E-state index in [-0.39, 0.29) is 0 Å². The SMILES string of the molecule is O=S(O)Nc1ccc(Br)cc1Br. The summed E-state index contributed by atoms with van der Waals surface area (Å²) in [6, 6.07) is 5.26. The van der Waals surface area contributed by atoms with E-state index in [9.17, 15) is 4.21 Å². The average molecular weight is 315 g/mol. The molecule has 2 N–H and O–H groups in total. The van der Waals surface area contributed by atoms with Gasteiger partial charge < -0.3 is 0 Å². The van der Waals surface area contributed by atoms with Crippen LogP contribution in [0.15, 0.2) is 27.1 Å². The summed E-state index contributed by atoms with van der Waals surface area (Å²) in [4.78, 5) is 0. The molecule has 0 aromatic heterocycles. The first-order chi connectivity index (χ1) is 5.59. The van der Waals surface area contributed by atoms with Crippen LogP contribution in [0.25, 0.3) is 0 Å². The van der Waals surface area contributed by atoms with Gasteiger partial charge in [-0.1, -0.05) is 15.9 Å². The van der Waals surface area contributed by atoms with Crippen LogP contribution in [0.3, 0.4) is 0 Å². The molecule has 1 rings (SSSR count). The fourth-order valence-electron chi connectivity index (χ4n) is 0.666. The molecule has 0 saturated carbocycles. The average Bonchev–Trinajstić information content (AvgIpc) is 1.94. The molecule has 0 radical (unpaired) electrons. The highest BCUT2D eigenvalue weighted by molar-refractivity contribution is 9.11. The summed E-state index contributed by atoms with van der Waals surface area (Å²) < 4.78 is 22.9. The Balaban J connectivity index is 2.93. The zero-order valence-electron chi connectivity index (χ0n) is 5.75. The third kappa shape index (κ3) is 2.85.